The Morgan fingerprint density at radius 3 is 2.44 bits per heavy atom. The van der Waals surface area contributed by atoms with Crippen molar-refractivity contribution >= 4 is 39.9 Å². The molecule has 34 heavy (non-hydrogen) atoms. The number of benzene rings is 3. The zero-order valence-electron chi connectivity index (χ0n) is 18.5. The number of thioether (sulfide) groups is 1. The summed E-state index contributed by atoms with van der Waals surface area (Å²) in [5, 5.41) is 1.62. The first-order chi connectivity index (χ1) is 16.1. The highest BCUT2D eigenvalue weighted by Crippen LogP contribution is 2.54. The van der Waals surface area contributed by atoms with Gasteiger partial charge in [-0.25, -0.2) is 0 Å². The Balaban J connectivity index is 1.95. The van der Waals surface area contributed by atoms with E-state index in [1.807, 2.05) is 30.3 Å². The van der Waals surface area contributed by atoms with Crippen LogP contribution in [0.2, 0.25) is 0 Å². The topological polar surface area (TPSA) is 69.4 Å². The number of alkyl halides is 3. The Morgan fingerprint density at radius 1 is 1.09 bits per heavy atom. The van der Waals surface area contributed by atoms with E-state index in [0.717, 1.165) is 34.7 Å². The summed E-state index contributed by atoms with van der Waals surface area (Å²) in [6.07, 6.45) is -4.30. The third kappa shape index (κ3) is 4.01. The summed E-state index contributed by atoms with van der Waals surface area (Å²) in [4.78, 5) is 25.2. The van der Waals surface area contributed by atoms with Crippen LogP contribution >= 0.6 is 11.8 Å². The molecule has 1 heterocycles. The Morgan fingerprint density at radius 2 is 1.76 bits per heavy atom. The maximum atomic E-state index is 13.9. The van der Waals surface area contributed by atoms with Gasteiger partial charge < -0.3 is 10.5 Å². The summed E-state index contributed by atoms with van der Waals surface area (Å²) in [7, 11) is 1.23. The highest BCUT2D eigenvalue weighted by molar-refractivity contribution is 8.05. The van der Waals surface area contributed by atoms with Gasteiger partial charge in [-0.2, -0.15) is 13.2 Å². The molecule has 3 aromatic carbocycles. The first-order valence-electron chi connectivity index (χ1n) is 10.6. The molecular formula is C26H22F3NO3S. The van der Waals surface area contributed by atoms with E-state index in [0.29, 0.717) is 10.5 Å². The van der Waals surface area contributed by atoms with Crippen molar-refractivity contribution in [3.05, 3.63) is 88.3 Å². The van der Waals surface area contributed by atoms with Crippen molar-refractivity contribution in [2.24, 2.45) is 11.7 Å². The lowest BCUT2D eigenvalue weighted by molar-refractivity contribution is -0.144. The fourth-order valence-electron chi connectivity index (χ4n) is 4.27. The second-order valence-electron chi connectivity index (χ2n) is 8.00. The van der Waals surface area contributed by atoms with E-state index < -0.39 is 34.3 Å². The Hall–Kier alpha value is -3.10. The molecule has 0 radical (unpaired) electrons. The number of rotatable bonds is 5. The number of fused-ring (bicyclic) bond motifs is 1. The Kier molecular flexibility index (Phi) is 6.31. The molecule has 2 N–H and O–H groups in total. The summed E-state index contributed by atoms with van der Waals surface area (Å²) in [6, 6.07) is 17.4. The van der Waals surface area contributed by atoms with Crippen LogP contribution in [0.5, 0.6) is 0 Å². The molecule has 4 rings (SSSR count). The van der Waals surface area contributed by atoms with Gasteiger partial charge in [0.05, 0.1) is 18.6 Å². The van der Waals surface area contributed by atoms with Crippen molar-refractivity contribution in [3.8, 4) is 0 Å². The van der Waals surface area contributed by atoms with E-state index in [9.17, 15) is 22.8 Å². The molecular weight excluding hydrogens is 463 g/mol. The zero-order valence-corrected chi connectivity index (χ0v) is 19.3. The standard InChI is InChI=1S/C26H22F3NO3S/c1-3-18(24(32)33-2)22-21(16-10-6-11-17(14-16)26(27,28)29)23(31)25(30,34-22)20-13-7-9-15-8-4-5-12-19(15)20/h4-14,18H,3,30H2,1-2H3. The van der Waals surface area contributed by atoms with Gasteiger partial charge in [0.2, 0.25) is 0 Å². The Bertz CT molecular complexity index is 1310. The molecule has 1 aliphatic rings. The molecule has 0 spiro atoms. The smallest absolute Gasteiger partial charge is 0.416 e. The van der Waals surface area contributed by atoms with Gasteiger partial charge in [-0.1, -0.05) is 73.3 Å². The van der Waals surface area contributed by atoms with Gasteiger partial charge in [0.25, 0.3) is 0 Å². The van der Waals surface area contributed by atoms with Gasteiger partial charge >= 0.3 is 12.1 Å². The molecule has 4 nitrogen and oxygen atoms in total. The van der Waals surface area contributed by atoms with Gasteiger partial charge in [-0.15, -0.1) is 0 Å². The molecule has 0 amide bonds. The lowest BCUT2D eigenvalue weighted by atomic mass is 9.88. The minimum atomic E-state index is -4.59. The SMILES string of the molecule is CCC(C(=O)OC)C1=C(c2cccc(C(F)(F)F)c2)C(=O)C(N)(c2cccc3ccccc23)S1. The molecule has 0 aromatic heterocycles. The van der Waals surface area contributed by atoms with E-state index in [1.54, 1.807) is 19.1 Å². The van der Waals surface area contributed by atoms with Crippen LogP contribution in [0.3, 0.4) is 0 Å². The van der Waals surface area contributed by atoms with Crippen molar-refractivity contribution in [1.29, 1.82) is 0 Å². The van der Waals surface area contributed by atoms with Crippen molar-refractivity contribution in [1.82, 2.24) is 0 Å². The third-order valence-corrected chi connectivity index (χ3v) is 7.40. The van der Waals surface area contributed by atoms with Gasteiger partial charge in [0.1, 0.15) is 0 Å². The molecule has 0 saturated carbocycles. The number of hydrogen-bond acceptors (Lipinski definition) is 5. The molecule has 0 fully saturated rings. The Labute approximate surface area is 199 Å². The van der Waals surface area contributed by atoms with Crippen LogP contribution in [-0.2, 0) is 25.4 Å². The first kappa shape index (κ1) is 24.0. The van der Waals surface area contributed by atoms with Gasteiger partial charge in [0, 0.05) is 10.5 Å². The molecule has 0 bridgehead atoms. The molecule has 2 atom stereocenters. The minimum Gasteiger partial charge on any atom is -0.469 e. The van der Waals surface area contributed by atoms with Crippen LogP contribution in [0.4, 0.5) is 13.2 Å². The number of carbonyl (C=O) groups is 2. The van der Waals surface area contributed by atoms with Crippen molar-refractivity contribution in [3.63, 3.8) is 0 Å². The van der Waals surface area contributed by atoms with Crippen LogP contribution in [0.1, 0.15) is 30.0 Å². The van der Waals surface area contributed by atoms with Gasteiger partial charge in [0.15, 0.2) is 10.7 Å². The fraction of sp³-hybridized carbons (Fsp3) is 0.231. The number of halogens is 3. The molecule has 0 aliphatic carbocycles. The van der Waals surface area contributed by atoms with Crippen molar-refractivity contribution < 1.29 is 27.5 Å². The average Bonchev–Trinajstić information content (AvgIpc) is 3.09. The fourth-order valence-corrected chi connectivity index (χ4v) is 5.81. The predicted octanol–water partition coefficient (Wildman–Crippen LogP) is 5.90. The molecule has 3 aromatic rings. The number of Topliss-reactive ketones (excluding diaryl/α,β-unsaturated/α-hetero) is 1. The number of methoxy groups -OCH3 is 1. The monoisotopic (exact) mass is 485 g/mol. The lowest BCUT2D eigenvalue weighted by Crippen LogP contribution is -2.39. The average molecular weight is 486 g/mol. The van der Waals surface area contributed by atoms with E-state index in [-0.39, 0.29) is 17.6 Å². The van der Waals surface area contributed by atoms with E-state index >= 15 is 0 Å². The number of esters is 1. The number of ether oxygens (including phenoxy) is 1. The molecule has 0 saturated heterocycles. The van der Waals surface area contributed by atoms with Crippen LogP contribution < -0.4 is 5.73 Å². The van der Waals surface area contributed by atoms with Crippen LogP contribution in [0, 0.1) is 5.92 Å². The summed E-state index contributed by atoms with van der Waals surface area (Å²) < 4.78 is 45.3. The number of carbonyl (C=O) groups excluding carboxylic acids is 2. The van der Waals surface area contributed by atoms with Crippen molar-refractivity contribution in [2.45, 2.75) is 24.4 Å². The molecule has 2 unspecified atom stereocenters. The number of ketones is 1. The van der Waals surface area contributed by atoms with Crippen LogP contribution in [0.25, 0.3) is 16.3 Å². The van der Waals surface area contributed by atoms with E-state index in [2.05, 4.69) is 0 Å². The van der Waals surface area contributed by atoms with E-state index in [4.69, 9.17) is 10.5 Å². The summed E-state index contributed by atoms with van der Waals surface area (Å²) in [6.45, 7) is 1.75. The molecule has 1 aliphatic heterocycles. The largest absolute Gasteiger partial charge is 0.469 e. The van der Waals surface area contributed by atoms with Gasteiger partial charge in [-0.3, -0.25) is 9.59 Å². The second-order valence-corrected chi connectivity index (χ2v) is 9.28. The lowest BCUT2D eigenvalue weighted by Gasteiger charge is -2.25. The minimum absolute atomic E-state index is 0.0174. The maximum Gasteiger partial charge on any atom is 0.416 e. The summed E-state index contributed by atoms with van der Waals surface area (Å²) >= 11 is 1.01. The maximum absolute atomic E-state index is 13.9. The number of nitrogens with two attached hydrogens (primary N) is 1. The quantitative estimate of drug-likeness (QED) is 0.456. The summed E-state index contributed by atoms with van der Waals surface area (Å²) in [5.74, 6) is -1.97. The highest BCUT2D eigenvalue weighted by atomic mass is 32.2. The number of hydrogen-bond donors (Lipinski definition) is 1. The zero-order chi connectivity index (χ0) is 24.7. The highest BCUT2D eigenvalue weighted by Gasteiger charge is 2.50. The molecule has 176 valence electrons. The van der Waals surface area contributed by atoms with Gasteiger partial charge in [-0.05, 0) is 40.5 Å². The molecule has 8 heteroatoms. The summed E-state index contributed by atoms with van der Waals surface area (Å²) in [5.41, 5.74) is 6.49. The second kappa shape index (κ2) is 8.92. The van der Waals surface area contributed by atoms with E-state index in [1.165, 1.54) is 19.2 Å². The van der Waals surface area contributed by atoms with Crippen LogP contribution in [-0.4, -0.2) is 18.9 Å². The third-order valence-electron chi connectivity index (χ3n) is 5.96. The predicted molar refractivity (Wildman–Crippen MR) is 127 cm³/mol. The van der Waals surface area contributed by atoms with Crippen LogP contribution in [0.15, 0.2) is 71.6 Å². The normalized spacial score (nSPS) is 19.5. The first-order valence-corrected chi connectivity index (χ1v) is 11.4. The van der Waals surface area contributed by atoms with Crippen molar-refractivity contribution in [2.75, 3.05) is 7.11 Å².